The molecule has 0 heterocycles. The summed E-state index contributed by atoms with van der Waals surface area (Å²) in [7, 11) is -3.31. The molecule has 0 aromatic carbocycles. The quantitative estimate of drug-likeness (QED) is 0.727. The van der Waals surface area contributed by atoms with E-state index in [1.807, 2.05) is 6.92 Å². The maximum atomic E-state index is 11.9. The standard InChI is InChI=1S/C13H25NO4S/c1-4-18-10-13(7-6-8-13)9-14-12(15)11(3)19(16,17)5-2/h11H,4-10H2,1-3H3,(H,14,15). The van der Waals surface area contributed by atoms with Crippen molar-refractivity contribution < 1.29 is 17.9 Å². The second-order valence-corrected chi connectivity index (χ2v) is 7.91. The van der Waals surface area contributed by atoms with Crippen molar-refractivity contribution in [2.45, 2.75) is 45.3 Å². The average molecular weight is 291 g/mol. The van der Waals surface area contributed by atoms with E-state index in [0.29, 0.717) is 19.8 Å². The average Bonchev–Trinajstić information content (AvgIpc) is 2.35. The first-order chi connectivity index (χ1) is 8.87. The van der Waals surface area contributed by atoms with Gasteiger partial charge in [0.05, 0.1) is 6.61 Å². The van der Waals surface area contributed by atoms with Crippen LogP contribution in [0.4, 0.5) is 0 Å². The fourth-order valence-electron chi connectivity index (χ4n) is 2.20. The van der Waals surface area contributed by atoms with Crippen LogP contribution in [0, 0.1) is 5.41 Å². The Morgan fingerprint density at radius 2 is 2.00 bits per heavy atom. The summed E-state index contributed by atoms with van der Waals surface area (Å²) < 4.78 is 28.7. The third kappa shape index (κ3) is 4.18. The highest BCUT2D eigenvalue weighted by Gasteiger charge is 2.38. The van der Waals surface area contributed by atoms with E-state index in [1.165, 1.54) is 6.92 Å². The predicted octanol–water partition coefficient (Wildman–Crippen LogP) is 1.13. The molecule has 1 rings (SSSR count). The van der Waals surface area contributed by atoms with Gasteiger partial charge in [0.1, 0.15) is 5.25 Å². The Labute approximate surface area is 116 Å². The van der Waals surface area contributed by atoms with Crippen LogP contribution in [0.1, 0.15) is 40.0 Å². The summed E-state index contributed by atoms with van der Waals surface area (Å²) in [5.74, 6) is -0.407. The molecule has 0 aliphatic heterocycles. The number of amides is 1. The first kappa shape index (κ1) is 16.4. The zero-order valence-corrected chi connectivity index (χ0v) is 12.9. The maximum Gasteiger partial charge on any atom is 0.238 e. The molecule has 112 valence electrons. The van der Waals surface area contributed by atoms with Crippen LogP contribution in [-0.4, -0.2) is 45.1 Å². The summed E-state index contributed by atoms with van der Waals surface area (Å²) in [5, 5.41) is 1.81. The van der Waals surface area contributed by atoms with Gasteiger partial charge in [0.2, 0.25) is 5.91 Å². The summed E-state index contributed by atoms with van der Waals surface area (Å²) >= 11 is 0. The van der Waals surface area contributed by atoms with Crippen molar-refractivity contribution in [2.75, 3.05) is 25.5 Å². The fraction of sp³-hybridized carbons (Fsp3) is 0.923. The van der Waals surface area contributed by atoms with Gasteiger partial charge in [0, 0.05) is 24.3 Å². The molecule has 1 aliphatic rings. The number of rotatable bonds is 8. The van der Waals surface area contributed by atoms with E-state index in [0.717, 1.165) is 19.3 Å². The van der Waals surface area contributed by atoms with Gasteiger partial charge in [0.25, 0.3) is 0 Å². The Hall–Kier alpha value is -0.620. The highest BCUT2D eigenvalue weighted by molar-refractivity contribution is 7.92. The van der Waals surface area contributed by atoms with Crippen molar-refractivity contribution in [1.82, 2.24) is 5.32 Å². The number of carbonyl (C=O) groups is 1. The van der Waals surface area contributed by atoms with E-state index < -0.39 is 21.0 Å². The van der Waals surface area contributed by atoms with Crippen molar-refractivity contribution in [1.29, 1.82) is 0 Å². The van der Waals surface area contributed by atoms with Crippen molar-refractivity contribution in [3.05, 3.63) is 0 Å². The Morgan fingerprint density at radius 3 is 2.42 bits per heavy atom. The van der Waals surface area contributed by atoms with Gasteiger partial charge in [-0.25, -0.2) is 8.42 Å². The van der Waals surface area contributed by atoms with Crippen LogP contribution >= 0.6 is 0 Å². The van der Waals surface area contributed by atoms with Crippen LogP contribution in [0.15, 0.2) is 0 Å². The first-order valence-corrected chi connectivity index (χ1v) is 8.65. The Kier molecular flexibility index (Phi) is 5.80. The molecule has 1 N–H and O–H groups in total. The van der Waals surface area contributed by atoms with E-state index in [1.54, 1.807) is 6.92 Å². The number of carbonyl (C=O) groups excluding carboxylic acids is 1. The molecule has 5 nitrogen and oxygen atoms in total. The molecule has 0 radical (unpaired) electrons. The van der Waals surface area contributed by atoms with Gasteiger partial charge >= 0.3 is 0 Å². The minimum atomic E-state index is -3.31. The zero-order chi connectivity index (χ0) is 14.5. The lowest BCUT2D eigenvalue weighted by Gasteiger charge is -2.41. The van der Waals surface area contributed by atoms with Gasteiger partial charge in [-0.05, 0) is 26.7 Å². The minimum Gasteiger partial charge on any atom is -0.381 e. The predicted molar refractivity (Wildman–Crippen MR) is 74.7 cm³/mol. The van der Waals surface area contributed by atoms with Gasteiger partial charge in [-0.15, -0.1) is 0 Å². The van der Waals surface area contributed by atoms with Gasteiger partial charge in [0.15, 0.2) is 9.84 Å². The molecule has 1 unspecified atom stereocenters. The van der Waals surface area contributed by atoms with Crippen molar-refractivity contribution in [2.24, 2.45) is 5.41 Å². The van der Waals surface area contributed by atoms with E-state index in [9.17, 15) is 13.2 Å². The summed E-state index contributed by atoms with van der Waals surface area (Å²) in [5.41, 5.74) is 0.0152. The van der Waals surface area contributed by atoms with Gasteiger partial charge in [-0.3, -0.25) is 4.79 Å². The topological polar surface area (TPSA) is 72.5 Å². The number of sulfone groups is 1. The zero-order valence-electron chi connectivity index (χ0n) is 12.1. The third-order valence-electron chi connectivity index (χ3n) is 3.97. The molecule has 1 fully saturated rings. The molecule has 0 saturated heterocycles. The van der Waals surface area contributed by atoms with Crippen molar-refractivity contribution in [3.8, 4) is 0 Å². The summed E-state index contributed by atoms with van der Waals surface area (Å²) in [4.78, 5) is 11.9. The van der Waals surface area contributed by atoms with Crippen LogP contribution in [0.5, 0.6) is 0 Å². The van der Waals surface area contributed by atoms with E-state index in [4.69, 9.17) is 4.74 Å². The largest absolute Gasteiger partial charge is 0.381 e. The van der Waals surface area contributed by atoms with E-state index in [-0.39, 0.29) is 11.2 Å². The second-order valence-electron chi connectivity index (χ2n) is 5.30. The highest BCUT2D eigenvalue weighted by atomic mass is 32.2. The lowest BCUT2D eigenvalue weighted by Crippen LogP contribution is -2.48. The van der Waals surface area contributed by atoms with Crippen LogP contribution < -0.4 is 5.32 Å². The summed E-state index contributed by atoms with van der Waals surface area (Å²) in [6, 6.07) is 0. The lowest BCUT2D eigenvalue weighted by molar-refractivity contribution is -0.121. The first-order valence-electron chi connectivity index (χ1n) is 6.94. The molecule has 19 heavy (non-hydrogen) atoms. The normalized spacial score (nSPS) is 19.5. The van der Waals surface area contributed by atoms with Gasteiger partial charge < -0.3 is 10.1 Å². The maximum absolute atomic E-state index is 11.9. The van der Waals surface area contributed by atoms with Crippen molar-refractivity contribution in [3.63, 3.8) is 0 Å². The molecule has 0 spiro atoms. The highest BCUT2D eigenvalue weighted by Crippen LogP contribution is 2.40. The monoisotopic (exact) mass is 291 g/mol. The number of nitrogens with one attached hydrogen (secondary N) is 1. The number of hydrogen-bond acceptors (Lipinski definition) is 4. The lowest BCUT2D eigenvalue weighted by atomic mass is 9.69. The Morgan fingerprint density at radius 1 is 1.37 bits per heavy atom. The van der Waals surface area contributed by atoms with Crippen LogP contribution in [0.25, 0.3) is 0 Å². The molecular weight excluding hydrogens is 266 g/mol. The Balaban J connectivity index is 2.49. The van der Waals surface area contributed by atoms with Crippen molar-refractivity contribution >= 4 is 15.7 Å². The smallest absolute Gasteiger partial charge is 0.238 e. The molecule has 0 aromatic rings. The van der Waals surface area contributed by atoms with E-state index >= 15 is 0 Å². The summed E-state index contributed by atoms with van der Waals surface area (Å²) in [6.45, 7) is 6.76. The number of hydrogen-bond donors (Lipinski definition) is 1. The number of ether oxygens (including phenoxy) is 1. The fourth-order valence-corrected chi connectivity index (χ4v) is 3.11. The molecular formula is C13H25NO4S. The molecule has 1 atom stereocenters. The molecule has 0 bridgehead atoms. The Bertz CT molecular complexity index is 401. The van der Waals surface area contributed by atoms with Crippen LogP contribution in [0.2, 0.25) is 0 Å². The van der Waals surface area contributed by atoms with Crippen LogP contribution in [-0.2, 0) is 19.4 Å². The molecule has 1 saturated carbocycles. The molecule has 1 amide bonds. The summed E-state index contributed by atoms with van der Waals surface area (Å²) in [6.07, 6.45) is 3.20. The molecule has 1 aliphatic carbocycles. The molecule has 0 aromatic heterocycles. The third-order valence-corrected chi connectivity index (χ3v) is 6.07. The van der Waals surface area contributed by atoms with Gasteiger partial charge in [-0.2, -0.15) is 0 Å². The van der Waals surface area contributed by atoms with E-state index in [2.05, 4.69) is 5.32 Å². The second kappa shape index (κ2) is 6.70. The van der Waals surface area contributed by atoms with Crippen LogP contribution in [0.3, 0.4) is 0 Å². The van der Waals surface area contributed by atoms with Gasteiger partial charge in [-0.1, -0.05) is 13.3 Å². The molecule has 6 heteroatoms. The SMILES string of the molecule is CCOCC1(CNC(=O)C(C)S(=O)(=O)CC)CCC1. The minimum absolute atomic E-state index is 0.00826.